The molecule has 1 saturated heterocycles. The summed E-state index contributed by atoms with van der Waals surface area (Å²) in [6.07, 6.45) is 1.70. The fourth-order valence-corrected chi connectivity index (χ4v) is 2.90. The van der Waals surface area contributed by atoms with Crippen molar-refractivity contribution in [2.45, 2.75) is 32.9 Å². The Balaban J connectivity index is 2.08. The first-order valence-corrected chi connectivity index (χ1v) is 7.06. The number of carboxylic acid groups (broad SMARTS) is 1. The molecule has 4 heteroatoms. The average molecular weight is 277 g/mol. The Kier molecular flexibility index (Phi) is 4.78. The highest BCUT2D eigenvalue weighted by molar-refractivity contribution is 5.74. The summed E-state index contributed by atoms with van der Waals surface area (Å²) < 4.78 is 5.22. The van der Waals surface area contributed by atoms with Gasteiger partial charge in [0.15, 0.2) is 0 Å². The number of rotatable bonds is 5. The smallest absolute Gasteiger partial charge is 0.310 e. The molecule has 4 nitrogen and oxygen atoms in total. The summed E-state index contributed by atoms with van der Waals surface area (Å²) in [6.45, 7) is 4.82. The second-order valence-electron chi connectivity index (χ2n) is 5.88. The molecule has 1 aromatic rings. The zero-order chi connectivity index (χ0) is 14.6. The summed E-state index contributed by atoms with van der Waals surface area (Å²) in [5, 5.41) is 9.37. The topological polar surface area (TPSA) is 49.8 Å². The highest BCUT2D eigenvalue weighted by Crippen LogP contribution is 2.30. The number of hydrogen-bond acceptors (Lipinski definition) is 3. The van der Waals surface area contributed by atoms with Crippen molar-refractivity contribution in [3.05, 3.63) is 35.4 Å². The molecule has 1 atom stereocenters. The molecule has 1 heterocycles. The lowest BCUT2D eigenvalue weighted by molar-refractivity contribution is -0.151. The van der Waals surface area contributed by atoms with Crippen molar-refractivity contribution in [3.8, 4) is 0 Å². The van der Waals surface area contributed by atoms with Gasteiger partial charge in [-0.25, -0.2) is 0 Å². The molecule has 0 amide bonds. The third-order valence-electron chi connectivity index (χ3n) is 4.10. The van der Waals surface area contributed by atoms with Crippen molar-refractivity contribution in [2.75, 3.05) is 20.2 Å². The summed E-state index contributed by atoms with van der Waals surface area (Å²) in [5.41, 5.74) is 1.79. The second-order valence-corrected chi connectivity index (χ2v) is 5.88. The Hall–Kier alpha value is -1.39. The summed E-state index contributed by atoms with van der Waals surface area (Å²) in [5.74, 6) is -0.688. The van der Waals surface area contributed by atoms with Gasteiger partial charge in [0.05, 0.1) is 12.0 Å². The summed E-state index contributed by atoms with van der Waals surface area (Å²) in [6, 6.07) is 8.20. The minimum absolute atomic E-state index is 0.597. The van der Waals surface area contributed by atoms with Crippen molar-refractivity contribution < 1.29 is 14.6 Å². The van der Waals surface area contributed by atoms with E-state index < -0.39 is 11.4 Å². The molecule has 2 rings (SSSR count). The molecule has 0 radical (unpaired) electrons. The maximum absolute atomic E-state index is 11.4. The minimum atomic E-state index is -0.688. The largest absolute Gasteiger partial charge is 0.481 e. The first kappa shape index (κ1) is 15.0. The predicted octanol–water partition coefficient (Wildman–Crippen LogP) is 2.52. The standard InChI is InChI=1S/C16H23NO3/c1-16(15(18)19)8-5-9-17(12-16)10-13-6-3-4-7-14(13)11-20-2/h3-4,6-7H,5,8-12H2,1-2H3,(H,18,19). The maximum atomic E-state index is 11.4. The van der Waals surface area contributed by atoms with E-state index in [1.807, 2.05) is 19.1 Å². The molecule has 0 aromatic heterocycles. The highest BCUT2D eigenvalue weighted by atomic mass is 16.5. The maximum Gasteiger partial charge on any atom is 0.310 e. The molecule has 1 unspecified atom stereocenters. The van der Waals surface area contributed by atoms with Crippen LogP contribution in [-0.2, 0) is 22.7 Å². The summed E-state index contributed by atoms with van der Waals surface area (Å²) >= 11 is 0. The molecule has 1 fully saturated rings. The van der Waals surface area contributed by atoms with Crippen molar-refractivity contribution >= 4 is 5.97 Å². The van der Waals surface area contributed by atoms with Gasteiger partial charge in [-0.1, -0.05) is 24.3 Å². The molecule has 0 saturated carbocycles. The van der Waals surface area contributed by atoms with Gasteiger partial charge in [-0.2, -0.15) is 0 Å². The van der Waals surface area contributed by atoms with Crippen molar-refractivity contribution in [2.24, 2.45) is 5.41 Å². The van der Waals surface area contributed by atoms with Crippen LogP contribution in [0.25, 0.3) is 0 Å². The number of nitrogens with zero attached hydrogens (tertiary/aromatic N) is 1. The Bertz CT molecular complexity index is 475. The van der Waals surface area contributed by atoms with Gasteiger partial charge < -0.3 is 9.84 Å². The lowest BCUT2D eigenvalue weighted by Crippen LogP contribution is -2.45. The third-order valence-corrected chi connectivity index (χ3v) is 4.10. The zero-order valence-corrected chi connectivity index (χ0v) is 12.3. The van der Waals surface area contributed by atoms with E-state index in [0.29, 0.717) is 13.2 Å². The molecular formula is C16H23NO3. The van der Waals surface area contributed by atoms with Crippen LogP contribution in [0.2, 0.25) is 0 Å². The van der Waals surface area contributed by atoms with Gasteiger partial charge >= 0.3 is 5.97 Å². The number of aliphatic carboxylic acids is 1. The normalized spacial score (nSPS) is 23.7. The number of ether oxygens (including phenoxy) is 1. The van der Waals surface area contributed by atoms with Crippen molar-refractivity contribution in [3.63, 3.8) is 0 Å². The Labute approximate surface area is 120 Å². The van der Waals surface area contributed by atoms with Gasteiger partial charge in [0, 0.05) is 20.2 Å². The predicted molar refractivity (Wildman–Crippen MR) is 77.4 cm³/mol. The number of likely N-dealkylation sites (tertiary alicyclic amines) is 1. The van der Waals surface area contributed by atoms with Crippen LogP contribution in [-0.4, -0.2) is 36.2 Å². The molecule has 0 bridgehead atoms. The van der Waals surface area contributed by atoms with E-state index in [1.165, 1.54) is 11.1 Å². The van der Waals surface area contributed by atoms with Crippen LogP contribution >= 0.6 is 0 Å². The monoisotopic (exact) mass is 277 g/mol. The molecule has 1 aliphatic rings. The molecule has 1 aliphatic heterocycles. The fourth-order valence-electron chi connectivity index (χ4n) is 2.90. The Morgan fingerprint density at radius 2 is 2.10 bits per heavy atom. The number of methoxy groups -OCH3 is 1. The van der Waals surface area contributed by atoms with Crippen LogP contribution < -0.4 is 0 Å². The van der Waals surface area contributed by atoms with E-state index in [9.17, 15) is 9.90 Å². The quantitative estimate of drug-likeness (QED) is 0.898. The number of benzene rings is 1. The van der Waals surface area contributed by atoms with Gasteiger partial charge in [0.2, 0.25) is 0 Å². The van der Waals surface area contributed by atoms with Gasteiger partial charge in [-0.15, -0.1) is 0 Å². The first-order valence-electron chi connectivity index (χ1n) is 7.06. The SMILES string of the molecule is COCc1ccccc1CN1CCCC(C)(C(=O)O)C1. The molecule has 1 aromatic carbocycles. The summed E-state index contributed by atoms with van der Waals surface area (Å²) in [4.78, 5) is 13.6. The molecule has 0 spiro atoms. The van der Waals surface area contributed by atoms with Crippen LogP contribution in [0.15, 0.2) is 24.3 Å². The van der Waals surface area contributed by atoms with E-state index >= 15 is 0 Å². The lowest BCUT2D eigenvalue weighted by atomic mass is 9.82. The first-order chi connectivity index (χ1) is 9.55. The highest BCUT2D eigenvalue weighted by Gasteiger charge is 2.37. The van der Waals surface area contributed by atoms with Crippen LogP contribution in [0.5, 0.6) is 0 Å². The van der Waals surface area contributed by atoms with Crippen LogP contribution in [0, 0.1) is 5.41 Å². The van der Waals surface area contributed by atoms with Gasteiger partial charge in [0.25, 0.3) is 0 Å². The molecule has 1 N–H and O–H groups in total. The van der Waals surface area contributed by atoms with E-state index in [-0.39, 0.29) is 0 Å². The van der Waals surface area contributed by atoms with Gasteiger partial charge in [-0.05, 0) is 37.4 Å². The molecule has 0 aliphatic carbocycles. The van der Waals surface area contributed by atoms with Crippen LogP contribution in [0.3, 0.4) is 0 Å². The average Bonchev–Trinajstić information content (AvgIpc) is 2.41. The summed E-state index contributed by atoms with van der Waals surface area (Å²) in [7, 11) is 1.69. The van der Waals surface area contributed by atoms with E-state index in [1.54, 1.807) is 7.11 Å². The molecule has 20 heavy (non-hydrogen) atoms. The number of carbonyl (C=O) groups is 1. The Morgan fingerprint density at radius 1 is 1.40 bits per heavy atom. The third kappa shape index (κ3) is 3.38. The van der Waals surface area contributed by atoms with Gasteiger partial charge in [0.1, 0.15) is 0 Å². The number of piperidine rings is 1. The van der Waals surface area contributed by atoms with Gasteiger partial charge in [-0.3, -0.25) is 9.69 Å². The molecular weight excluding hydrogens is 254 g/mol. The zero-order valence-electron chi connectivity index (χ0n) is 12.3. The Morgan fingerprint density at radius 3 is 2.75 bits per heavy atom. The van der Waals surface area contributed by atoms with E-state index in [4.69, 9.17) is 4.74 Å². The van der Waals surface area contributed by atoms with Crippen molar-refractivity contribution in [1.82, 2.24) is 4.90 Å². The van der Waals surface area contributed by atoms with E-state index in [2.05, 4.69) is 17.0 Å². The number of carboxylic acids is 1. The van der Waals surface area contributed by atoms with Crippen LogP contribution in [0.4, 0.5) is 0 Å². The number of hydrogen-bond donors (Lipinski definition) is 1. The minimum Gasteiger partial charge on any atom is -0.481 e. The molecule has 110 valence electrons. The van der Waals surface area contributed by atoms with E-state index in [0.717, 1.165) is 25.9 Å². The second kappa shape index (κ2) is 6.37. The fraction of sp³-hybridized carbons (Fsp3) is 0.562. The van der Waals surface area contributed by atoms with Crippen LogP contribution in [0.1, 0.15) is 30.9 Å². The van der Waals surface area contributed by atoms with Crippen molar-refractivity contribution in [1.29, 1.82) is 0 Å². The lowest BCUT2D eigenvalue weighted by Gasteiger charge is -2.37.